The summed E-state index contributed by atoms with van der Waals surface area (Å²) in [5.74, 6) is 0.719. The van der Waals surface area contributed by atoms with E-state index in [1.165, 1.54) is 76.0 Å². The molecule has 0 saturated heterocycles. The molecule has 1 aromatic heterocycles. The highest BCUT2D eigenvalue weighted by atomic mass is 28.3. The highest BCUT2D eigenvalue weighted by molar-refractivity contribution is 6.92. The normalized spacial score (nSPS) is 15.4. The minimum atomic E-state index is -1.82. The summed E-state index contributed by atoms with van der Waals surface area (Å²) in [5.41, 5.74) is 7.07. The maximum absolute atomic E-state index is 2.53. The van der Waals surface area contributed by atoms with Crippen molar-refractivity contribution in [2.24, 2.45) is 7.05 Å². The first-order chi connectivity index (χ1) is 17.2. The van der Waals surface area contributed by atoms with E-state index >= 15 is 0 Å². The molecular formula is C34H42NSi+. The maximum Gasteiger partial charge on any atom is 0.220 e. The molecule has 2 heteroatoms. The van der Waals surface area contributed by atoms with Crippen molar-refractivity contribution in [2.75, 3.05) is 0 Å². The Labute approximate surface area is 219 Å². The molecule has 1 aliphatic rings. The zero-order valence-corrected chi connectivity index (χ0v) is 24.1. The second kappa shape index (κ2) is 9.63. The van der Waals surface area contributed by atoms with E-state index < -0.39 is 8.07 Å². The van der Waals surface area contributed by atoms with Crippen LogP contribution in [0.3, 0.4) is 0 Å². The summed E-state index contributed by atoms with van der Waals surface area (Å²) in [5, 5.41) is 4.37. The third-order valence-electron chi connectivity index (χ3n) is 9.51. The number of fused-ring (bicyclic) bond motifs is 1. The van der Waals surface area contributed by atoms with Crippen LogP contribution in [0.2, 0.25) is 13.1 Å². The molecule has 0 radical (unpaired) electrons. The fourth-order valence-electron chi connectivity index (χ4n) is 6.26. The third-order valence-corrected chi connectivity index (χ3v) is 14.7. The van der Waals surface area contributed by atoms with Crippen LogP contribution >= 0.6 is 0 Å². The Morgan fingerprint density at radius 3 is 2.28 bits per heavy atom. The molecule has 0 amide bonds. The Balaban J connectivity index is 1.60. The van der Waals surface area contributed by atoms with Gasteiger partial charge in [0, 0.05) is 11.6 Å². The molecule has 36 heavy (non-hydrogen) atoms. The molecule has 0 aliphatic heterocycles. The van der Waals surface area contributed by atoms with Crippen LogP contribution in [-0.4, -0.2) is 8.07 Å². The number of pyridine rings is 1. The highest BCUT2D eigenvalue weighted by Gasteiger charge is 2.41. The standard InChI is InChI=1S/C34H42NSi/c1-25-17-18-27(26-13-9-7-10-14-26)24-32(25)33-31-20-19-30(23-28(31)21-22-35(33)4)36(5,6)34(2,3)29-15-11-8-12-16-29/h8,11-12,15-24,26H,7,9-10,13-14H2,1-6H3/q+1. The molecule has 1 nitrogen and oxygen atoms in total. The van der Waals surface area contributed by atoms with Crippen molar-refractivity contribution in [3.05, 3.63) is 95.7 Å². The largest absolute Gasteiger partial charge is 0.220 e. The van der Waals surface area contributed by atoms with Gasteiger partial charge >= 0.3 is 0 Å². The number of hydrogen-bond donors (Lipinski definition) is 0. The van der Waals surface area contributed by atoms with Crippen molar-refractivity contribution < 1.29 is 4.57 Å². The first kappa shape index (κ1) is 25.0. The van der Waals surface area contributed by atoms with Gasteiger partial charge in [0.05, 0.1) is 13.5 Å². The molecule has 0 unspecified atom stereocenters. The number of benzene rings is 3. The van der Waals surface area contributed by atoms with Gasteiger partial charge in [-0.3, -0.25) is 0 Å². The van der Waals surface area contributed by atoms with Gasteiger partial charge in [-0.05, 0) is 64.9 Å². The summed E-state index contributed by atoms with van der Waals surface area (Å²) in [4.78, 5) is 0. The van der Waals surface area contributed by atoms with Crippen LogP contribution in [0.4, 0.5) is 0 Å². The van der Waals surface area contributed by atoms with Gasteiger partial charge in [0.25, 0.3) is 0 Å². The average molecular weight is 493 g/mol. The summed E-state index contributed by atoms with van der Waals surface area (Å²) >= 11 is 0. The lowest BCUT2D eigenvalue weighted by molar-refractivity contribution is -0.659. The van der Waals surface area contributed by atoms with Crippen LogP contribution in [0.5, 0.6) is 0 Å². The van der Waals surface area contributed by atoms with Gasteiger partial charge in [0.2, 0.25) is 5.69 Å². The van der Waals surface area contributed by atoms with Crippen molar-refractivity contribution in [3.63, 3.8) is 0 Å². The Kier molecular flexibility index (Phi) is 6.68. The van der Waals surface area contributed by atoms with E-state index in [9.17, 15) is 0 Å². The van der Waals surface area contributed by atoms with Crippen LogP contribution < -0.4 is 9.75 Å². The molecule has 1 saturated carbocycles. The Morgan fingerprint density at radius 2 is 1.56 bits per heavy atom. The van der Waals surface area contributed by atoms with Crippen LogP contribution in [0.25, 0.3) is 22.0 Å². The van der Waals surface area contributed by atoms with E-state index in [0.29, 0.717) is 0 Å². The summed E-state index contributed by atoms with van der Waals surface area (Å²) in [6, 6.07) is 28.0. The van der Waals surface area contributed by atoms with E-state index in [2.05, 4.69) is 124 Å². The minimum Gasteiger partial charge on any atom is -0.200 e. The Morgan fingerprint density at radius 1 is 0.833 bits per heavy atom. The molecule has 3 aromatic carbocycles. The molecule has 4 aromatic rings. The molecule has 5 rings (SSSR count). The SMILES string of the molecule is Cc1ccc(C2CCCCC2)cc1-c1c2ccc([Si](C)(C)C(C)(C)c3ccccc3)cc2cc[n+]1C. The molecule has 1 heterocycles. The van der Waals surface area contributed by atoms with E-state index in [1.807, 2.05) is 0 Å². The lowest BCUT2D eigenvalue weighted by Crippen LogP contribution is -2.57. The highest BCUT2D eigenvalue weighted by Crippen LogP contribution is 2.37. The van der Waals surface area contributed by atoms with E-state index in [4.69, 9.17) is 0 Å². The molecule has 0 N–H and O–H groups in total. The maximum atomic E-state index is 2.53. The predicted octanol–water partition coefficient (Wildman–Crippen LogP) is 8.12. The first-order valence-electron chi connectivity index (χ1n) is 13.8. The predicted molar refractivity (Wildman–Crippen MR) is 158 cm³/mol. The van der Waals surface area contributed by atoms with Crippen LogP contribution in [0.15, 0.2) is 79.0 Å². The monoisotopic (exact) mass is 492 g/mol. The van der Waals surface area contributed by atoms with Gasteiger partial charge in [-0.15, -0.1) is 0 Å². The molecular weight excluding hydrogens is 450 g/mol. The second-order valence-corrected chi connectivity index (χ2v) is 17.2. The summed E-state index contributed by atoms with van der Waals surface area (Å²) in [6.45, 7) is 12.2. The van der Waals surface area contributed by atoms with Gasteiger partial charge < -0.3 is 0 Å². The van der Waals surface area contributed by atoms with Gasteiger partial charge in [0.15, 0.2) is 6.20 Å². The zero-order chi connectivity index (χ0) is 25.5. The lowest BCUT2D eigenvalue weighted by Gasteiger charge is -2.41. The summed E-state index contributed by atoms with van der Waals surface area (Å²) in [6.07, 6.45) is 9.08. The average Bonchev–Trinajstić information content (AvgIpc) is 2.90. The van der Waals surface area contributed by atoms with Gasteiger partial charge in [-0.1, -0.05) is 106 Å². The van der Waals surface area contributed by atoms with E-state index in [0.717, 1.165) is 5.92 Å². The Bertz CT molecular complexity index is 1380. The summed E-state index contributed by atoms with van der Waals surface area (Å²) in [7, 11) is 0.376. The zero-order valence-electron chi connectivity index (χ0n) is 23.1. The number of hydrogen-bond acceptors (Lipinski definition) is 0. The van der Waals surface area contributed by atoms with Crippen LogP contribution in [0, 0.1) is 6.92 Å². The first-order valence-corrected chi connectivity index (χ1v) is 16.8. The fourth-order valence-corrected chi connectivity index (χ4v) is 8.88. The fraction of sp³-hybridized carbons (Fsp3) is 0.382. The van der Waals surface area contributed by atoms with Crippen LogP contribution in [0.1, 0.15) is 68.6 Å². The molecule has 0 spiro atoms. The topological polar surface area (TPSA) is 3.88 Å². The second-order valence-electron chi connectivity index (χ2n) is 12.1. The molecule has 1 fully saturated rings. The number of aryl methyl sites for hydroxylation is 2. The van der Waals surface area contributed by atoms with Crippen molar-refractivity contribution in [1.29, 1.82) is 0 Å². The smallest absolute Gasteiger partial charge is 0.200 e. The van der Waals surface area contributed by atoms with Gasteiger partial charge in [-0.2, -0.15) is 0 Å². The van der Waals surface area contributed by atoms with E-state index in [-0.39, 0.29) is 5.04 Å². The number of aromatic nitrogens is 1. The van der Waals surface area contributed by atoms with Crippen LogP contribution in [-0.2, 0) is 12.1 Å². The number of nitrogens with zero attached hydrogens (tertiary/aromatic N) is 1. The van der Waals surface area contributed by atoms with Crippen molar-refractivity contribution in [3.8, 4) is 11.3 Å². The Hall–Kier alpha value is -2.71. The quantitative estimate of drug-likeness (QED) is 0.196. The number of rotatable bonds is 5. The molecule has 0 bridgehead atoms. The summed E-state index contributed by atoms with van der Waals surface area (Å²) < 4.78 is 2.32. The van der Waals surface area contributed by atoms with Crippen molar-refractivity contribution >= 4 is 24.0 Å². The van der Waals surface area contributed by atoms with Gasteiger partial charge in [-0.25, -0.2) is 4.57 Å². The van der Waals surface area contributed by atoms with Gasteiger partial charge in [0.1, 0.15) is 7.05 Å². The molecule has 0 atom stereocenters. The minimum absolute atomic E-state index is 0.134. The van der Waals surface area contributed by atoms with Crippen molar-refractivity contribution in [1.82, 2.24) is 0 Å². The third kappa shape index (κ3) is 4.34. The van der Waals surface area contributed by atoms with Crippen molar-refractivity contribution in [2.45, 2.75) is 76.9 Å². The molecule has 1 aliphatic carbocycles. The lowest BCUT2D eigenvalue weighted by atomic mass is 9.82. The van der Waals surface area contributed by atoms with E-state index in [1.54, 1.807) is 0 Å². The molecule has 186 valence electrons.